The quantitative estimate of drug-likeness (QED) is 0.838. The van der Waals surface area contributed by atoms with Gasteiger partial charge >= 0.3 is 0 Å². The second kappa shape index (κ2) is 4.58. The molecule has 0 aliphatic rings. The molecule has 19 heavy (non-hydrogen) atoms. The Kier molecular flexibility index (Phi) is 3.23. The van der Waals surface area contributed by atoms with Crippen LogP contribution < -0.4 is 10.5 Å². The summed E-state index contributed by atoms with van der Waals surface area (Å²) >= 11 is 0. The number of anilines is 2. The van der Waals surface area contributed by atoms with Crippen LogP contribution in [0.1, 0.15) is 17.0 Å². The lowest BCUT2D eigenvalue weighted by atomic mass is 10.2. The normalized spacial score (nSPS) is 11.5. The largest absolute Gasteiger partial charge is 0.397 e. The minimum atomic E-state index is -3.76. The molecule has 2 aromatic rings. The Morgan fingerprint density at radius 1 is 1.26 bits per heavy atom. The number of nitrogens with two attached hydrogens (primary N) is 1. The van der Waals surface area contributed by atoms with Gasteiger partial charge in [0.05, 0.1) is 11.4 Å². The van der Waals surface area contributed by atoms with Crippen molar-refractivity contribution in [3.63, 3.8) is 0 Å². The Morgan fingerprint density at radius 2 is 1.95 bits per heavy atom. The Hall–Kier alpha value is -2.02. The number of hydrogen-bond donors (Lipinski definition) is 2. The standard InChI is InChI=1S/C12H15N3O3S/c1-7-5-4-6-10(13)11(7)15-19(16,17)12-8(2)14-18-9(12)3/h4-6,15H,13H2,1-3H3. The molecule has 1 aromatic carbocycles. The van der Waals surface area contributed by atoms with Crippen molar-refractivity contribution in [2.75, 3.05) is 10.5 Å². The Balaban J connectivity index is 2.49. The minimum absolute atomic E-state index is 0.0511. The lowest BCUT2D eigenvalue weighted by molar-refractivity contribution is 0.390. The summed E-state index contributed by atoms with van der Waals surface area (Å²) in [4.78, 5) is 0.0511. The maximum atomic E-state index is 12.3. The highest BCUT2D eigenvalue weighted by Gasteiger charge is 2.25. The number of para-hydroxylation sites is 1. The molecule has 0 amide bonds. The molecule has 7 heteroatoms. The number of hydrogen-bond acceptors (Lipinski definition) is 5. The van der Waals surface area contributed by atoms with E-state index in [2.05, 4.69) is 9.88 Å². The minimum Gasteiger partial charge on any atom is -0.397 e. The van der Waals surface area contributed by atoms with E-state index in [-0.39, 0.29) is 10.7 Å². The van der Waals surface area contributed by atoms with Crippen LogP contribution in [-0.2, 0) is 10.0 Å². The van der Waals surface area contributed by atoms with E-state index in [1.165, 1.54) is 0 Å². The zero-order valence-corrected chi connectivity index (χ0v) is 11.7. The van der Waals surface area contributed by atoms with Gasteiger partial charge in [0, 0.05) is 0 Å². The maximum absolute atomic E-state index is 12.3. The summed E-state index contributed by atoms with van der Waals surface area (Å²) in [7, 11) is -3.76. The third kappa shape index (κ3) is 2.41. The summed E-state index contributed by atoms with van der Waals surface area (Å²) in [5.74, 6) is 0.247. The molecule has 0 spiro atoms. The molecule has 102 valence electrons. The molecule has 6 nitrogen and oxygen atoms in total. The number of aryl methyl sites for hydroxylation is 3. The molecular weight excluding hydrogens is 266 g/mol. The number of nitrogens with one attached hydrogen (secondary N) is 1. The molecule has 3 N–H and O–H groups in total. The highest BCUT2D eigenvalue weighted by Crippen LogP contribution is 2.27. The van der Waals surface area contributed by atoms with Crippen LogP contribution in [-0.4, -0.2) is 13.6 Å². The number of rotatable bonds is 3. The first-order valence-corrected chi connectivity index (χ1v) is 7.12. The second-order valence-electron chi connectivity index (χ2n) is 4.30. The Morgan fingerprint density at radius 3 is 2.47 bits per heavy atom. The van der Waals surface area contributed by atoms with Crippen LogP contribution in [0.2, 0.25) is 0 Å². The van der Waals surface area contributed by atoms with E-state index >= 15 is 0 Å². The SMILES string of the molecule is Cc1cccc(N)c1NS(=O)(=O)c1c(C)noc1C. The van der Waals surface area contributed by atoms with Crippen molar-refractivity contribution in [3.05, 3.63) is 35.2 Å². The molecule has 0 atom stereocenters. The molecular formula is C12H15N3O3S. The highest BCUT2D eigenvalue weighted by atomic mass is 32.2. The smallest absolute Gasteiger partial charge is 0.267 e. The van der Waals surface area contributed by atoms with Crippen molar-refractivity contribution in [1.82, 2.24) is 5.16 Å². The highest BCUT2D eigenvalue weighted by molar-refractivity contribution is 7.92. The summed E-state index contributed by atoms with van der Waals surface area (Å²) in [5, 5.41) is 3.64. The van der Waals surface area contributed by atoms with Gasteiger partial charge in [-0.1, -0.05) is 17.3 Å². The molecule has 0 aliphatic heterocycles. The van der Waals surface area contributed by atoms with Crippen molar-refractivity contribution >= 4 is 21.4 Å². The number of benzene rings is 1. The van der Waals surface area contributed by atoms with Gasteiger partial charge in [-0.3, -0.25) is 4.72 Å². The fourth-order valence-corrected chi connectivity index (χ4v) is 3.37. The molecule has 2 rings (SSSR count). The van der Waals surface area contributed by atoms with Crippen LogP contribution >= 0.6 is 0 Å². The first-order chi connectivity index (χ1) is 8.83. The average molecular weight is 281 g/mol. The van der Waals surface area contributed by atoms with Crippen LogP contribution in [0.25, 0.3) is 0 Å². The van der Waals surface area contributed by atoms with Crippen molar-refractivity contribution in [2.24, 2.45) is 0 Å². The van der Waals surface area contributed by atoms with E-state index in [1.54, 1.807) is 39.0 Å². The average Bonchev–Trinajstić information content (AvgIpc) is 2.64. The monoisotopic (exact) mass is 281 g/mol. The predicted octanol–water partition coefficient (Wildman–Crippen LogP) is 1.98. The zero-order valence-electron chi connectivity index (χ0n) is 10.9. The molecule has 1 heterocycles. The van der Waals surface area contributed by atoms with E-state index in [0.717, 1.165) is 5.56 Å². The van der Waals surface area contributed by atoms with Crippen LogP contribution in [0.5, 0.6) is 0 Å². The van der Waals surface area contributed by atoms with Gasteiger partial charge in [0.25, 0.3) is 10.0 Å². The lowest BCUT2D eigenvalue weighted by Gasteiger charge is -2.12. The van der Waals surface area contributed by atoms with E-state index in [1.807, 2.05) is 0 Å². The van der Waals surface area contributed by atoms with Gasteiger partial charge in [0.1, 0.15) is 5.69 Å². The number of sulfonamides is 1. The maximum Gasteiger partial charge on any atom is 0.267 e. The van der Waals surface area contributed by atoms with Crippen LogP contribution in [0, 0.1) is 20.8 Å². The molecule has 0 saturated heterocycles. The predicted molar refractivity (Wildman–Crippen MR) is 72.4 cm³/mol. The van der Waals surface area contributed by atoms with E-state index in [0.29, 0.717) is 17.1 Å². The van der Waals surface area contributed by atoms with E-state index < -0.39 is 10.0 Å². The first kappa shape index (κ1) is 13.4. The lowest BCUT2D eigenvalue weighted by Crippen LogP contribution is -2.16. The van der Waals surface area contributed by atoms with Crippen LogP contribution in [0.3, 0.4) is 0 Å². The van der Waals surface area contributed by atoms with Crippen molar-refractivity contribution in [1.29, 1.82) is 0 Å². The van der Waals surface area contributed by atoms with Gasteiger partial charge in [-0.15, -0.1) is 0 Å². The van der Waals surface area contributed by atoms with Crippen LogP contribution in [0.4, 0.5) is 11.4 Å². The zero-order chi connectivity index (χ0) is 14.2. The fraction of sp³-hybridized carbons (Fsp3) is 0.250. The van der Waals surface area contributed by atoms with Gasteiger partial charge < -0.3 is 10.3 Å². The van der Waals surface area contributed by atoms with Crippen LogP contribution in [0.15, 0.2) is 27.6 Å². The summed E-state index contributed by atoms with van der Waals surface area (Å²) in [6.45, 7) is 4.91. The third-order valence-electron chi connectivity index (χ3n) is 2.78. The van der Waals surface area contributed by atoms with Gasteiger partial charge in [0.15, 0.2) is 10.7 Å². The fourth-order valence-electron chi connectivity index (χ4n) is 1.87. The Bertz CT molecular complexity index is 680. The van der Waals surface area contributed by atoms with Crippen molar-refractivity contribution in [2.45, 2.75) is 25.7 Å². The molecule has 0 aliphatic carbocycles. The summed E-state index contributed by atoms with van der Waals surface area (Å²) in [6, 6.07) is 5.18. The third-order valence-corrected chi connectivity index (χ3v) is 4.37. The van der Waals surface area contributed by atoms with E-state index in [4.69, 9.17) is 10.3 Å². The van der Waals surface area contributed by atoms with Gasteiger partial charge in [-0.25, -0.2) is 8.42 Å². The van der Waals surface area contributed by atoms with E-state index in [9.17, 15) is 8.42 Å². The first-order valence-electron chi connectivity index (χ1n) is 5.63. The second-order valence-corrected chi connectivity index (χ2v) is 5.92. The van der Waals surface area contributed by atoms with Crippen molar-refractivity contribution < 1.29 is 12.9 Å². The summed E-state index contributed by atoms with van der Waals surface area (Å²) < 4.78 is 32.0. The molecule has 0 radical (unpaired) electrons. The van der Waals surface area contributed by atoms with Crippen molar-refractivity contribution in [3.8, 4) is 0 Å². The molecule has 1 aromatic heterocycles. The number of aromatic nitrogens is 1. The van der Waals surface area contributed by atoms with Gasteiger partial charge in [-0.2, -0.15) is 0 Å². The molecule has 0 fully saturated rings. The molecule has 0 saturated carbocycles. The van der Waals surface area contributed by atoms with Gasteiger partial charge in [-0.05, 0) is 32.4 Å². The Labute approximate surface area is 111 Å². The number of nitrogens with zero attached hydrogens (tertiary/aromatic N) is 1. The molecule has 0 unspecified atom stereocenters. The topological polar surface area (TPSA) is 98.2 Å². The molecule has 0 bridgehead atoms. The summed E-state index contributed by atoms with van der Waals surface area (Å²) in [6.07, 6.45) is 0. The number of nitrogen functional groups attached to an aromatic ring is 1. The van der Waals surface area contributed by atoms with Gasteiger partial charge in [0.2, 0.25) is 0 Å². The summed E-state index contributed by atoms with van der Waals surface area (Å²) in [5.41, 5.74) is 7.60.